The molecule has 2 nitrogen and oxygen atoms in total. The van der Waals surface area contributed by atoms with Gasteiger partial charge in [0.2, 0.25) is 0 Å². The molecule has 1 N–H and O–H groups in total. The maximum absolute atomic E-state index is 5.26. The van der Waals surface area contributed by atoms with Crippen LogP contribution in [0.3, 0.4) is 0 Å². The molecule has 0 aliphatic carbocycles. The smallest absolute Gasteiger partial charge is 0.0667 e. The Kier molecular flexibility index (Phi) is 4.27. The molecule has 2 atom stereocenters. The summed E-state index contributed by atoms with van der Waals surface area (Å²) in [5.41, 5.74) is 2.94. The molecular weight excluding hydrogens is 218 g/mol. The molecule has 0 bridgehead atoms. The van der Waals surface area contributed by atoms with E-state index in [0.717, 1.165) is 18.1 Å². The zero-order chi connectivity index (χ0) is 11.4. The number of ether oxygens (including phenoxy) is 1. The van der Waals surface area contributed by atoms with Gasteiger partial charge in [-0.25, -0.2) is 0 Å². The molecule has 0 amide bonds. The van der Waals surface area contributed by atoms with E-state index in [0.29, 0.717) is 6.04 Å². The van der Waals surface area contributed by atoms with E-state index in [1.54, 1.807) is 7.11 Å². The van der Waals surface area contributed by atoms with Gasteiger partial charge in [0.1, 0.15) is 0 Å². The molecule has 1 heterocycles. The minimum Gasteiger partial charge on any atom is -0.380 e. The van der Waals surface area contributed by atoms with Crippen molar-refractivity contribution in [2.45, 2.75) is 24.8 Å². The summed E-state index contributed by atoms with van der Waals surface area (Å²) in [4.78, 5) is 0. The predicted molar refractivity (Wildman–Crippen MR) is 69.8 cm³/mol. The van der Waals surface area contributed by atoms with Crippen LogP contribution in [0.1, 0.15) is 24.1 Å². The van der Waals surface area contributed by atoms with Crippen LogP contribution >= 0.6 is 11.8 Å². The van der Waals surface area contributed by atoms with Gasteiger partial charge in [-0.2, -0.15) is 11.8 Å². The van der Waals surface area contributed by atoms with E-state index in [1.165, 1.54) is 11.1 Å². The Balaban J connectivity index is 2.01. The third kappa shape index (κ3) is 2.78. The lowest BCUT2D eigenvalue weighted by atomic mass is 10.0. The fraction of sp³-hybridized carbons (Fsp3) is 0.538. The van der Waals surface area contributed by atoms with Crippen molar-refractivity contribution >= 4 is 11.8 Å². The summed E-state index contributed by atoms with van der Waals surface area (Å²) in [6.07, 6.45) is 0.277. The van der Waals surface area contributed by atoms with Crippen LogP contribution in [0, 0.1) is 0 Å². The van der Waals surface area contributed by atoms with Gasteiger partial charge in [0.15, 0.2) is 0 Å². The Bertz CT molecular complexity index is 342. The van der Waals surface area contributed by atoms with Crippen molar-refractivity contribution in [2.24, 2.45) is 0 Å². The number of nitrogens with one attached hydrogen (secondary N) is 1. The first kappa shape index (κ1) is 12.0. The number of hydrogen-bond donors (Lipinski definition) is 1. The average Bonchev–Trinajstić information content (AvgIpc) is 2.35. The van der Waals surface area contributed by atoms with Crippen LogP contribution in [0.2, 0.25) is 0 Å². The molecule has 1 aliphatic rings. The fourth-order valence-electron chi connectivity index (χ4n) is 1.94. The number of benzene rings is 1. The second-order valence-electron chi connectivity index (χ2n) is 4.22. The van der Waals surface area contributed by atoms with Gasteiger partial charge in [0.05, 0.1) is 6.10 Å². The van der Waals surface area contributed by atoms with Crippen LogP contribution < -0.4 is 5.32 Å². The average molecular weight is 237 g/mol. The van der Waals surface area contributed by atoms with Crippen molar-refractivity contribution in [3.63, 3.8) is 0 Å². The van der Waals surface area contributed by atoms with Crippen molar-refractivity contribution < 1.29 is 4.74 Å². The summed E-state index contributed by atoms with van der Waals surface area (Å²) in [5.74, 6) is 2.31. The predicted octanol–water partition coefficient (Wildman–Crippen LogP) is 2.60. The largest absolute Gasteiger partial charge is 0.380 e. The molecule has 1 aromatic carbocycles. The molecule has 2 rings (SSSR count). The molecule has 0 fully saturated rings. The highest BCUT2D eigenvalue weighted by molar-refractivity contribution is 7.98. The summed E-state index contributed by atoms with van der Waals surface area (Å²) in [6, 6.07) is 9.20. The Morgan fingerprint density at radius 1 is 1.50 bits per heavy atom. The van der Waals surface area contributed by atoms with E-state index in [4.69, 9.17) is 4.74 Å². The normalized spacial score (nSPS) is 21.5. The van der Waals surface area contributed by atoms with Crippen molar-refractivity contribution in [1.82, 2.24) is 5.32 Å². The number of fused-ring (bicyclic) bond motifs is 1. The molecule has 2 unspecified atom stereocenters. The van der Waals surface area contributed by atoms with Gasteiger partial charge in [-0.05, 0) is 18.1 Å². The van der Waals surface area contributed by atoms with Gasteiger partial charge < -0.3 is 10.1 Å². The maximum Gasteiger partial charge on any atom is 0.0667 e. The molecule has 0 saturated carbocycles. The lowest BCUT2D eigenvalue weighted by molar-refractivity contribution is 0.115. The first-order valence-corrected chi connectivity index (χ1v) is 6.88. The van der Waals surface area contributed by atoms with E-state index >= 15 is 0 Å². The molecule has 3 heteroatoms. The van der Waals surface area contributed by atoms with Gasteiger partial charge in [0.25, 0.3) is 0 Å². The van der Waals surface area contributed by atoms with Gasteiger partial charge >= 0.3 is 0 Å². The molecule has 1 aromatic rings. The lowest BCUT2D eigenvalue weighted by Gasteiger charge is -2.27. The van der Waals surface area contributed by atoms with Gasteiger partial charge in [-0.1, -0.05) is 24.3 Å². The maximum atomic E-state index is 5.26. The monoisotopic (exact) mass is 237 g/mol. The zero-order valence-corrected chi connectivity index (χ0v) is 10.7. The number of methoxy groups -OCH3 is 1. The van der Waals surface area contributed by atoms with E-state index in [9.17, 15) is 0 Å². The molecule has 0 saturated heterocycles. The Morgan fingerprint density at radius 2 is 2.31 bits per heavy atom. The minimum absolute atomic E-state index is 0.277. The second kappa shape index (κ2) is 5.71. The molecule has 1 aliphatic heterocycles. The lowest BCUT2D eigenvalue weighted by Crippen LogP contribution is -2.32. The summed E-state index contributed by atoms with van der Waals surface area (Å²) >= 11 is 2.00. The highest BCUT2D eigenvalue weighted by Gasteiger charge is 2.19. The van der Waals surface area contributed by atoms with Crippen molar-refractivity contribution in [3.05, 3.63) is 35.4 Å². The van der Waals surface area contributed by atoms with Crippen molar-refractivity contribution in [2.75, 3.05) is 19.4 Å². The summed E-state index contributed by atoms with van der Waals surface area (Å²) in [6.45, 7) is 3.00. The van der Waals surface area contributed by atoms with E-state index in [-0.39, 0.29) is 6.10 Å². The molecule has 0 spiro atoms. The molecular formula is C13H19NOS. The van der Waals surface area contributed by atoms with Crippen LogP contribution in [0.25, 0.3) is 0 Å². The van der Waals surface area contributed by atoms with Crippen LogP contribution in [-0.2, 0) is 10.5 Å². The zero-order valence-electron chi connectivity index (χ0n) is 9.90. The minimum atomic E-state index is 0.277. The quantitative estimate of drug-likeness (QED) is 0.869. The number of thioether (sulfide) groups is 1. The highest BCUT2D eigenvalue weighted by atomic mass is 32.2. The van der Waals surface area contributed by atoms with Crippen molar-refractivity contribution in [1.29, 1.82) is 0 Å². The van der Waals surface area contributed by atoms with Crippen LogP contribution in [0.15, 0.2) is 24.3 Å². The standard InChI is InChI=1S/C13H19NOS/c1-10(15-2)7-14-13-9-16-8-11-5-3-4-6-12(11)13/h3-6,10,13-14H,7-9H2,1-2H3. The van der Waals surface area contributed by atoms with Gasteiger partial charge in [0, 0.05) is 31.2 Å². The fourth-order valence-corrected chi connectivity index (χ4v) is 3.08. The van der Waals surface area contributed by atoms with Crippen LogP contribution in [-0.4, -0.2) is 25.5 Å². The van der Waals surface area contributed by atoms with Gasteiger partial charge in [-0.15, -0.1) is 0 Å². The summed E-state index contributed by atoms with van der Waals surface area (Å²) in [5, 5.41) is 3.58. The first-order chi connectivity index (χ1) is 7.81. The Morgan fingerprint density at radius 3 is 3.12 bits per heavy atom. The third-order valence-electron chi connectivity index (χ3n) is 3.03. The van der Waals surface area contributed by atoms with Crippen molar-refractivity contribution in [3.8, 4) is 0 Å². The topological polar surface area (TPSA) is 21.3 Å². The van der Waals surface area contributed by atoms with Gasteiger partial charge in [-0.3, -0.25) is 0 Å². The molecule has 0 aromatic heterocycles. The number of hydrogen-bond acceptors (Lipinski definition) is 3. The van der Waals surface area contributed by atoms with Crippen LogP contribution in [0.4, 0.5) is 0 Å². The summed E-state index contributed by atoms with van der Waals surface area (Å²) < 4.78 is 5.26. The molecule has 0 radical (unpaired) electrons. The molecule has 88 valence electrons. The number of rotatable bonds is 4. The Labute approximate surface area is 102 Å². The van der Waals surface area contributed by atoms with Crippen LogP contribution in [0.5, 0.6) is 0 Å². The highest BCUT2D eigenvalue weighted by Crippen LogP contribution is 2.31. The molecule has 16 heavy (non-hydrogen) atoms. The van der Waals surface area contributed by atoms with E-state index < -0.39 is 0 Å². The first-order valence-electron chi connectivity index (χ1n) is 5.73. The SMILES string of the molecule is COC(C)CNC1CSCc2ccccc21. The Hall–Kier alpha value is -0.510. The van der Waals surface area contributed by atoms with E-state index in [2.05, 4.69) is 36.5 Å². The van der Waals surface area contributed by atoms with E-state index in [1.807, 2.05) is 11.8 Å². The second-order valence-corrected chi connectivity index (χ2v) is 5.25. The summed E-state index contributed by atoms with van der Waals surface area (Å²) in [7, 11) is 1.76. The third-order valence-corrected chi connectivity index (χ3v) is 4.11.